The van der Waals surface area contributed by atoms with E-state index in [1.807, 2.05) is 4.90 Å². The highest BCUT2D eigenvalue weighted by Gasteiger charge is 2.34. The number of carbonyl (C=O) groups is 2. The summed E-state index contributed by atoms with van der Waals surface area (Å²) in [5, 5.41) is 0. The fourth-order valence-corrected chi connectivity index (χ4v) is 5.88. The highest BCUT2D eigenvalue weighted by molar-refractivity contribution is 7.89. The lowest BCUT2D eigenvalue weighted by Gasteiger charge is -2.30. The minimum absolute atomic E-state index is 0.0383. The number of sulfonamides is 1. The van der Waals surface area contributed by atoms with Gasteiger partial charge in [0.2, 0.25) is 15.9 Å². The summed E-state index contributed by atoms with van der Waals surface area (Å²) < 4.78 is 27.7. The van der Waals surface area contributed by atoms with Crippen LogP contribution in [0.2, 0.25) is 0 Å². The van der Waals surface area contributed by atoms with Gasteiger partial charge in [0, 0.05) is 36.8 Å². The Labute approximate surface area is 195 Å². The molecule has 0 radical (unpaired) electrons. The lowest BCUT2D eigenvalue weighted by atomic mass is 9.96. The average molecular weight is 470 g/mol. The Kier molecular flexibility index (Phi) is 6.86. The zero-order valence-corrected chi connectivity index (χ0v) is 19.8. The molecule has 2 aromatic carbocycles. The topological polar surface area (TPSA) is 101 Å². The van der Waals surface area contributed by atoms with Gasteiger partial charge in [-0.15, -0.1) is 0 Å². The summed E-state index contributed by atoms with van der Waals surface area (Å²) in [6.45, 7) is 0.424. The number of carbonyl (C=O) groups excluding carboxylic acids is 2. The second-order valence-electron chi connectivity index (χ2n) is 9.06. The second kappa shape index (κ2) is 9.65. The molecule has 8 heteroatoms. The van der Waals surface area contributed by atoms with E-state index < -0.39 is 15.9 Å². The van der Waals surface area contributed by atoms with E-state index in [0.717, 1.165) is 50.5 Å². The standard InChI is InChI=1S/C25H31N3O4S/c1-27(21-5-3-2-4-6-21)33(31,32)23-15-11-20(12-16-23)25(30)28(22-13-14-22)17-18-7-9-19(10-8-18)24(26)29/h7-12,15-16,21-22H,2-6,13-14,17H2,1H3,(H2,26,29). The molecule has 7 nitrogen and oxygen atoms in total. The Hall–Kier alpha value is -2.71. The van der Waals surface area contributed by atoms with Crippen molar-refractivity contribution in [3.05, 3.63) is 65.2 Å². The average Bonchev–Trinajstić information content (AvgIpc) is 3.68. The first-order chi connectivity index (χ1) is 15.8. The Bertz CT molecular complexity index is 1100. The van der Waals surface area contributed by atoms with Gasteiger partial charge in [0.1, 0.15) is 0 Å². The Balaban J connectivity index is 1.48. The predicted octanol–water partition coefficient (Wildman–Crippen LogP) is 3.54. The molecule has 0 unspecified atom stereocenters. The molecule has 2 saturated carbocycles. The van der Waals surface area contributed by atoms with Crippen LogP contribution in [-0.2, 0) is 16.6 Å². The van der Waals surface area contributed by atoms with Gasteiger partial charge in [-0.3, -0.25) is 9.59 Å². The lowest BCUT2D eigenvalue weighted by molar-refractivity contribution is 0.0729. The zero-order valence-electron chi connectivity index (χ0n) is 18.9. The van der Waals surface area contributed by atoms with Gasteiger partial charge in [0.25, 0.3) is 5.91 Å². The quantitative estimate of drug-likeness (QED) is 0.639. The van der Waals surface area contributed by atoms with Crippen LogP contribution in [0.5, 0.6) is 0 Å². The largest absolute Gasteiger partial charge is 0.366 e. The number of nitrogens with two attached hydrogens (primary N) is 1. The fraction of sp³-hybridized carbons (Fsp3) is 0.440. The molecule has 0 aromatic heterocycles. The number of rotatable bonds is 8. The molecule has 4 rings (SSSR count). The maximum Gasteiger partial charge on any atom is 0.254 e. The van der Waals surface area contributed by atoms with Crippen molar-refractivity contribution in [2.24, 2.45) is 5.73 Å². The van der Waals surface area contributed by atoms with E-state index in [-0.39, 0.29) is 22.9 Å². The van der Waals surface area contributed by atoms with Crippen LogP contribution in [-0.4, -0.2) is 48.6 Å². The molecule has 33 heavy (non-hydrogen) atoms. The molecule has 0 aliphatic heterocycles. The maximum absolute atomic E-state index is 13.2. The molecule has 2 aliphatic rings. The van der Waals surface area contributed by atoms with Gasteiger partial charge < -0.3 is 10.6 Å². The number of amides is 2. The monoisotopic (exact) mass is 469 g/mol. The van der Waals surface area contributed by atoms with Gasteiger partial charge in [0.15, 0.2) is 0 Å². The van der Waals surface area contributed by atoms with Gasteiger partial charge in [-0.2, -0.15) is 4.31 Å². The zero-order chi connectivity index (χ0) is 23.6. The minimum atomic E-state index is -3.59. The molecular formula is C25H31N3O4S. The van der Waals surface area contributed by atoms with Gasteiger partial charge in [-0.05, 0) is 67.6 Å². The molecule has 176 valence electrons. The molecule has 2 aliphatic carbocycles. The van der Waals surface area contributed by atoms with Crippen LogP contribution in [0.25, 0.3) is 0 Å². The lowest BCUT2D eigenvalue weighted by Crippen LogP contribution is -2.38. The third-order valence-electron chi connectivity index (χ3n) is 6.71. The molecule has 2 amide bonds. The molecule has 0 atom stereocenters. The van der Waals surface area contributed by atoms with E-state index in [1.165, 1.54) is 16.4 Å². The van der Waals surface area contributed by atoms with E-state index in [1.54, 1.807) is 43.4 Å². The second-order valence-corrected chi connectivity index (χ2v) is 11.1. The van der Waals surface area contributed by atoms with Crippen LogP contribution in [0, 0.1) is 0 Å². The van der Waals surface area contributed by atoms with Gasteiger partial charge in [-0.1, -0.05) is 31.4 Å². The Morgan fingerprint density at radius 1 is 0.848 bits per heavy atom. The SMILES string of the molecule is CN(C1CCCCC1)S(=O)(=O)c1ccc(C(=O)N(Cc2ccc(C(N)=O)cc2)C2CC2)cc1. The fourth-order valence-electron chi connectivity index (χ4n) is 4.47. The van der Waals surface area contributed by atoms with E-state index in [4.69, 9.17) is 5.73 Å². The van der Waals surface area contributed by atoms with Crippen LogP contribution in [0.3, 0.4) is 0 Å². The van der Waals surface area contributed by atoms with Crippen molar-refractivity contribution in [2.75, 3.05) is 7.05 Å². The van der Waals surface area contributed by atoms with Crippen LogP contribution >= 0.6 is 0 Å². The minimum Gasteiger partial charge on any atom is -0.366 e. The summed E-state index contributed by atoms with van der Waals surface area (Å²) in [7, 11) is -1.94. The number of hydrogen-bond acceptors (Lipinski definition) is 4. The summed E-state index contributed by atoms with van der Waals surface area (Å²) in [6.07, 6.45) is 6.95. The summed E-state index contributed by atoms with van der Waals surface area (Å²) in [4.78, 5) is 26.6. The van der Waals surface area contributed by atoms with Crippen LogP contribution < -0.4 is 5.73 Å². The third kappa shape index (κ3) is 5.28. The van der Waals surface area contributed by atoms with Crippen LogP contribution in [0.4, 0.5) is 0 Å². The molecule has 0 spiro atoms. The highest BCUT2D eigenvalue weighted by Crippen LogP contribution is 2.31. The Morgan fingerprint density at radius 3 is 1.97 bits per heavy atom. The number of benzene rings is 2. The van der Waals surface area contributed by atoms with E-state index in [2.05, 4.69) is 0 Å². The first kappa shape index (κ1) is 23.4. The van der Waals surface area contributed by atoms with Gasteiger partial charge >= 0.3 is 0 Å². The molecular weight excluding hydrogens is 438 g/mol. The van der Waals surface area contributed by atoms with Crippen molar-refractivity contribution in [2.45, 2.75) is 68.5 Å². The van der Waals surface area contributed by atoms with Crippen LogP contribution in [0.1, 0.15) is 71.2 Å². The van der Waals surface area contributed by atoms with E-state index >= 15 is 0 Å². The normalized spacial score (nSPS) is 17.2. The summed E-state index contributed by atoms with van der Waals surface area (Å²) in [6, 6.07) is 13.4. The summed E-state index contributed by atoms with van der Waals surface area (Å²) in [5.41, 5.74) is 7.11. The third-order valence-corrected chi connectivity index (χ3v) is 8.63. The smallest absolute Gasteiger partial charge is 0.254 e. The van der Waals surface area contributed by atoms with Gasteiger partial charge in [0.05, 0.1) is 4.90 Å². The molecule has 0 saturated heterocycles. The predicted molar refractivity (Wildman–Crippen MR) is 126 cm³/mol. The molecule has 2 aromatic rings. The van der Waals surface area contributed by atoms with Crippen molar-refractivity contribution in [3.8, 4) is 0 Å². The number of primary amides is 1. The first-order valence-corrected chi connectivity index (χ1v) is 13.0. The Morgan fingerprint density at radius 2 is 1.42 bits per heavy atom. The van der Waals surface area contributed by atoms with Crippen molar-refractivity contribution in [1.29, 1.82) is 0 Å². The van der Waals surface area contributed by atoms with Crippen molar-refractivity contribution in [1.82, 2.24) is 9.21 Å². The maximum atomic E-state index is 13.2. The van der Waals surface area contributed by atoms with Crippen molar-refractivity contribution >= 4 is 21.8 Å². The van der Waals surface area contributed by atoms with Crippen molar-refractivity contribution < 1.29 is 18.0 Å². The summed E-state index contributed by atoms with van der Waals surface area (Å²) >= 11 is 0. The van der Waals surface area contributed by atoms with E-state index in [9.17, 15) is 18.0 Å². The summed E-state index contributed by atoms with van der Waals surface area (Å²) in [5.74, 6) is -0.609. The van der Waals surface area contributed by atoms with Crippen molar-refractivity contribution in [3.63, 3.8) is 0 Å². The molecule has 2 fully saturated rings. The number of hydrogen-bond donors (Lipinski definition) is 1. The highest BCUT2D eigenvalue weighted by atomic mass is 32.2. The molecule has 0 bridgehead atoms. The molecule has 0 heterocycles. The molecule has 2 N–H and O–H groups in total. The van der Waals surface area contributed by atoms with E-state index in [0.29, 0.717) is 17.7 Å². The number of nitrogens with zero attached hydrogens (tertiary/aromatic N) is 2. The van der Waals surface area contributed by atoms with Gasteiger partial charge in [-0.25, -0.2) is 8.42 Å². The first-order valence-electron chi connectivity index (χ1n) is 11.5. The van der Waals surface area contributed by atoms with Crippen LogP contribution in [0.15, 0.2) is 53.4 Å².